The van der Waals surface area contributed by atoms with Crippen LogP contribution in [-0.4, -0.2) is 42.9 Å². The minimum atomic E-state index is -1.01. The van der Waals surface area contributed by atoms with Crippen molar-refractivity contribution in [2.45, 2.75) is 44.2 Å². The van der Waals surface area contributed by atoms with Gasteiger partial charge in [-0.05, 0) is 42.3 Å². The molecule has 1 heterocycles. The van der Waals surface area contributed by atoms with Crippen LogP contribution in [0.5, 0.6) is 0 Å². The van der Waals surface area contributed by atoms with Crippen molar-refractivity contribution >= 4 is 46.4 Å². The molecule has 194 valence electrons. The Labute approximate surface area is 245 Å². The number of halogens is 4. The molecule has 2 aromatic carbocycles. The first kappa shape index (κ1) is 39.9. The molecule has 35 heavy (non-hydrogen) atoms. The maximum atomic E-state index is 10.6. The predicted molar refractivity (Wildman–Crippen MR) is 120 cm³/mol. The van der Waals surface area contributed by atoms with Gasteiger partial charge in [-0.3, -0.25) is 0 Å². The second kappa shape index (κ2) is 17.8. The van der Waals surface area contributed by atoms with Gasteiger partial charge in [-0.1, -0.05) is 58.5 Å². The number of benzene rings is 2. The van der Waals surface area contributed by atoms with E-state index in [1.165, 1.54) is 7.11 Å². The molecule has 1 aliphatic heterocycles. The Morgan fingerprint density at radius 2 is 1.37 bits per heavy atom. The average molecular weight is 648 g/mol. The third kappa shape index (κ3) is 10.2. The fraction of sp³-hybridized carbons (Fsp3) is 0.429. The molecule has 0 spiro atoms. The molecule has 2 radical (unpaired) electrons. The Morgan fingerprint density at radius 3 is 1.83 bits per heavy atom. The fourth-order valence-corrected chi connectivity index (χ4v) is 4.23. The fourth-order valence-electron chi connectivity index (χ4n) is 3.31. The Bertz CT molecular complexity index is 898. The van der Waals surface area contributed by atoms with E-state index in [-0.39, 0.29) is 71.0 Å². The van der Waals surface area contributed by atoms with E-state index in [1.54, 1.807) is 43.3 Å². The van der Waals surface area contributed by atoms with Crippen molar-refractivity contribution in [3.63, 3.8) is 0 Å². The van der Waals surface area contributed by atoms with Crippen molar-refractivity contribution in [2.24, 2.45) is 0 Å². The number of aliphatic hydroxyl groups is 1. The first-order chi connectivity index (χ1) is 14.2. The van der Waals surface area contributed by atoms with Crippen molar-refractivity contribution in [2.75, 3.05) is 13.7 Å². The minimum Gasteiger partial charge on any atom is -2.00 e. The Hall–Kier alpha value is 0.345. The van der Waals surface area contributed by atoms with Crippen LogP contribution < -0.4 is 0 Å². The third-order valence-corrected chi connectivity index (χ3v) is 6.08. The maximum Gasteiger partial charge on any atom is 3.00 e. The molecule has 2 aromatic rings. The number of hydrogen-bond acceptors (Lipinski definition) is 5. The second-order valence-electron chi connectivity index (χ2n) is 7.22. The van der Waals surface area contributed by atoms with E-state index in [9.17, 15) is 5.11 Å². The van der Waals surface area contributed by atoms with E-state index >= 15 is 0 Å². The summed E-state index contributed by atoms with van der Waals surface area (Å²) in [7, 11) is 1.46. The summed E-state index contributed by atoms with van der Waals surface area (Å²) in [5, 5.41) is 12.7. The minimum absolute atomic E-state index is 0. The molecule has 4 atom stereocenters. The SMILES string of the molecule is CO[C@H]1O[C@](C)(COCc2ccc(Cl)cc2Cl)[C@@H](OCc2ccc(Cl)cc2Cl)[C@H]1O.[Cr+3].[Cr+3].[O-2].[O-2].[O-2]. The van der Waals surface area contributed by atoms with Crippen LogP contribution in [0, 0.1) is 0 Å². The summed E-state index contributed by atoms with van der Waals surface area (Å²) in [5.41, 5.74) is 0.569. The van der Waals surface area contributed by atoms with Crippen LogP contribution >= 0.6 is 46.4 Å². The van der Waals surface area contributed by atoms with Gasteiger partial charge in [0.15, 0.2) is 6.29 Å². The third-order valence-electron chi connectivity index (χ3n) is 4.90. The molecule has 0 unspecified atom stereocenters. The van der Waals surface area contributed by atoms with E-state index in [2.05, 4.69) is 0 Å². The molecule has 0 amide bonds. The van der Waals surface area contributed by atoms with Crippen molar-refractivity contribution in [3.05, 3.63) is 67.6 Å². The molecule has 14 heteroatoms. The molecule has 0 aliphatic carbocycles. The van der Waals surface area contributed by atoms with E-state index in [4.69, 9.17) is 65.4 Å². The first-order valence-corrected chi connectivity index (χ1v) is 10.7. The van der Waals surface area contributed by atoms with Gasteiger partial charge >= 0.3 is 34.7 Å². The molecular formula is C21H22Cl4Cr2O8. The largest absolute Gasteiger partial charge is 3.00 e. The van der Waals surface area contributed by atoms with Crippen molar-refractivity contribution in [3.8, 4) is 0 Å². The van der Waals surface area contributed by atoms with Gasteiger partial charge in [0.05, 0.1) is 19.8 Å². The van der Waals surface area contributed by atoms with Crippen molar-refractivity contribution < 1.29 is 75.2 Å². The molecule has 1 saturated heterocycles. The number of rotatable bonds is 8. The average Bonchev–Trinajstić information content (AvgIpc) is 2.93. The van der Waals surface area contributed by atoms with Gasteiger partial charge in [-0.25, -0.2) is 0 Å². The normalized spacial score (nSPS) is 22.5. The Kier molecular flexibility index (Phi) is 20.2. The summed E-state index contributed by atoms with van der Waals surface area (Å²) in [4.78, 5) is 0. The standard InChI is InChI=1S/C21H22Cl4O5.2Cr.3O/c1-21(11-28-9-12-3-5-14(22)7-16(12)24)19(18(26)20(27-2)30-21)29-10-13-4-6-15(23)8-17(13)25;;;;;/h3-8,18-20,26H,9-11H2,1-2H3;;;;;/q;2*+3;3*-2/t18-,19+,20+,21-;;;;;/m1...../s1. The maximum absolute atomic E-state index is 10.6. The zero-order valence-electron chi connectivity index (χ0n) is 18.5. The number of ether oxygens (including phenoxy) is 4. The summed E-state index contributed by atoms with van der Waals surface area (Å²) in [6, 6.07) is 10.3. The van der Waals surface area contributed by atoms with Crippen LogP contribution in [0.1, 0.15) is 18.1 Å². The molecule has 1 aliphatic rings. The van der Waals surface area contributed by atoms with Crippen LogP contribution in [0.15, 0.2) is 36.4 Å². The molecule has 0 aromatic heterocycles. The molecule has 3 rings (SSSR count). The van der Waals surface area contributed by atoms with Crippen LogP contribution in [0.2, 0.25) is 20.1 Å². The van der Waals surface area contributed by atoms with Crippen LogP contribution in [0.25, 0.3) is 0 Å². The summed E-state index contributed by atoms with van der Waals surface area (Å²) in [6.45, 7) is 2.35. The van der Waals surface area contributed by atoms with Gasteiger partial charge in [0.1, 0.15) is 17.8 Å². The van der Waals surface area contributed by atoms with Gasteiger partial charge in [-0.15, -0.1) is 0 Å². The molecule has 0 saturated carbocycles. The molecule has 1 fully saturated rings. The molecule has 0 bridgehead atoms. The van der Waals surface area contributed by atoms with Crippen LogP contribution in [0.4, 0.5) is 0 Å². The number of aliphatic hydroxyl groups excluding tert-OH is 1. The smallest absolute Gasteiger partial charge is 2.00 e. The zero-order chi connectivity index (χ0) is 21.9. The topological polar surface area (TPSA) is 143 Å². The predicted octanol–water partition coefficient (Wildman–Crippen LogP) is 5.16. The zero-order valence-corrected chi connectivity index (χ0v) is 24.0. The Morgan fingerprint density at radius 1 is 0.886 bits per heavy atom. The Balaban J connectivity index is -0.00000205. The summed E-state index contributed by atoms with van der Waals surface area (Å²) in [5.74, 6) is 0. The summed E-state index contributed by atoms with van der Waals surface area (Å²) < 4.78 is 23.0. The first-order valence-electron chi connectivity index (χ1n) is 9.19. The van der Waals surface area contributed by atoms with E-state index in [0.717, 1.165) is 11.1 Å². The van der Waals surface area contributed by atoms with Crippen molar-refractivity contribution in [1.82, 2.24) is 0 Å². The van der Waals surface area contributed by atoms with Gasteiger partial charge in [0.25, 0.3) is 0 Å². The van der Waals surface area contributed by atoms with E-state index in [0.29, 0.717) is 20.1 Å². The van der Waals surface area contributed by atoms with Gasteiger partial charge in [0, 0.05) is 27.2 Å². The van der Waals surface area contributed by atoms with Crippen LogP contribution in [-0.2, 0) is 83.3 Å². The van der Waals surface area contributed by atoms with Gasteiger partial charge < -0.3 is 40.5 Å². The number of hydrogen-bond donors (Lipinski definition) is 1. The van der Waals surface area contributed by atoms with Crippen LogP contribution in [0.3, 0.4) is 0 Å². The number of methoxy groups -OCH3 is 1. The van der Waals surface area contributed by atoms with Gasteiger partial charge in [0.2, 0.25) is 0 Å². The molecule has 8 nitrogen and oxygen atoms in total. The van der Waals surface area contributed by atoms with Crippen molar-refractivity contribution in [1.29, 1.82) is 0 Å². The molecule has 1 N–H and O–H groups in total. The quantitative estimate of drug-likeness (QED) is 0.421. The summed E-state index contributed by atoms with van der Waals surface area (Å²) >= 11 is 24.3. The summed E-state index contributed by atoms with van der Waals surface area (Å²) in [6.07, 6.45) is -2.56. The monoisotopic (exact) mass is 646 g/mol. The van der Waals surface area contributed by atoms with E-state index < -0.39 is 24.1 Å². The van der Waals surface area contributed by atoms with Gasteiger partial charge in [-0.2, -0.15) is 0 Å². The second-order valence-corrected chi connectivity index (χ2v) is 8.91. The van der Waals surface area contributed by atoms with E-state index in [1.807, 2.05) is 0 Å². The molecular weight excluding hydrogens is 626 g/mol.